The molecular formula is C21H28N2O. The van der Waals surface area contributed by atoms with Gasteiger partial charge in [-0.3, -0.25) is 4.79 Å². The van der Waals surface area contributed by atoms with Crippen molar-refractivity contribution in [2.45, 2.75) is 26.2 Å². The second kappa shape index (κ2) is 8.11. The predicted octanol–water partition coefficient (Wildman–Crippen LogP) is 3.65. The standard InChI is InChI=1S/C21H28N2O/c1-21(2,15-22)16-23(3)20(24)14-19(17-10-6-4-7-11-17)18-12-8-5-9-13-18/h4-13,19H,14-16,22H2,1-3H3. The van der Waals surface area contributed by atoms with Gasteiger partial charge in [-0.15, -0.1) is 0 Å². The maximum Gasteiger partial charge on any atom is 0.223 e. The Balaban J connectivity index is 2.19. The van der Waals surface area contributed by atoms with Crippen molar-refractivity contribution in [1.82, 2.24) is 4.90 Å². The summed E-state index contributed by atoms with van der Waals surface area (Å²) < 4.78 is 0. The summed E-state index contributed by atoms with van der Waals surface area (Å²) in [6.07, 6.45) is 0.463. The van der Waals surface area contributed by atoms with E-state index in [0.717, 1.165) is 0 Å². The lowest BCUT2D eigenvalue weighted by Gasteiger charge is -2.30. The zero-order valence-corrected chi connectivity index (χ0v) is 14.9. The maximum absolute atomic E-state index is 12.8. The average molecular weight is 324 g/mol. The highest BCUT2D eigenvalue weighted by Gasteiger charge is 2.24. The number of benzene rings is 2. The third kappa shape index (κ3) is 4.93. The fourth-order valence-electron chi connectivity index (χ4n) is 2.92. The van der Waals surface area contributed by atoms with Gasteiger partial charge in [0.2, 0.25) is 5.91 Å². The summed E-state index contributed by atoms with van der Waals surface area (Å²) in [5.74, 6) is 0.220. The largest absolute Gasteiger partial charge is 0.345 e. The summed E-state index contributed by atoms with van der Waals surface area (Å²) in [4.78, 5) is 14.6. The van der Waals surface area contributed by atoms with Crippen LogP contribution in [-0.4, -0.2) is 30.9 Å². The van der Waals surface area contributed by atoms with Crippen molar-refractivity contribution < 1.29 is 4.79 Å². The van der Waals surface area contributed by atoms with E-state index in [1.165, 1.54) is 11.1 Å². The van der Waals surface area contributed by atoms with Crippen molar-refractivity contribution in [3.8, 4) is 0 Å². The molecule has 3 heteroatoms. The Hall–Kier alpha value is -2.13. The van der Waals surface area contributed by atoms with E-state index in [9.17, 15) is 4.79 Å². The quantitative estimate of drug-likeness (QED) is 0.845. The minimum absolute atomic E-state index is 0.0700. The zero-order valence-electron chi connectivity index (χ0n) is 14.9. The van der Waals surface area contributed by atoms with Gasteiger partial charge in [-0.1, -0.05) is 74.5 Å². The molecule has 0 aliphatic carbocycles. The van der Waals surface area contributed by atoms with Crippen LogP contribution in [0.25, 0.3) is 0 Å². The van der Waals surface area contributed by atoms with Gasteiger partial charge >= 0.3 is 0 Å². The van der Waals surface area contributed by atoms with Crippen molar-refractivity contribution in [1.29, 1.82) is 0 Å². The molecule has 0 atom stereocenters. The molecule has 2 aromatic carbocycles. The smallest absolute Gasteiger partial charge is 0.223 e. The number of nitrogens with zero attached hydrogens (tertiary/aromatic N) is 1. The third-order valence-electron chi connectivity index (χ3n) is 4.43. The Morgan fingerprint density at radius 1 is 1.00 bits per heavy atom. The minimum atomic E-state index is -0.0700. The van der Waals surface area contributed by atoms with Crippen LogP contribution in [0.2, 0.25) is 0 Å². The van der Waals surface area contributed by atoms with Gasteiger partial charge < -0.3 is 10.6 Å². The first-order valence-electron chi connectivity index (χ1n) is 8.47. The molecule has 2 aromatic rings. The van der Waals surface area contributed by atoms with Gasteiger partial charge in [0.15, 0.2) is 0 Å². The molecule has 2 N–H and O–H groups in total. The monoisotopic (exact) mass is 324 g/mol. The molecule has 128 valence electrons. The van der Waals surface area contributed by atoms with Crippen LogP contribution in [0.15, 0.2) is 60.7 Å². The van der Waals surface area contributed by atoms with Crippen LogP contribution >= 0.6 is 0 Å². The van der Waals surface area contributed by atoms with E-state index in [4.69, 9.17) is 5.73 Å². The molecule has 0 saturated carbocycles. The molecule has 0 fully saturated rings. The van der Waals surface area contributed by atoms with Crippen molar-refractivity contribution in [3.63, 3.8) is 0 Å². The van der Waals surface area contributed by atoms with Crippen LogP contribution in [0, 0.1) is 5.41 Å². The molecule has 0 aromatic heterocycles. The topological polar surface area (TPSA) is 46.3 Å². The van der Waals surface area contributed by atoms with Crippen LogP contribution in [0.4, 0.5) is 0 Å². The van der Waals surface area contributed by atoms with Crippen molar-refractivity contribution in [2.24, 2.45) is 11.1 Å². The van der Waals surface area contributed by atoms with Gasteiger partial charge in [-0.2, -0.15) is 0 Å². The minimum Gasteiger partial charge on any atom is -0.345 e. The lowest BCUT2D eigenvalue weighted by Crippen LogP contribution is -2.40. The molecule has 0 aliphatic rings. The summed E-state index contributed by atoms with van der Waals surface area (Å²) >= 11 is 0. The average Bonchev–Trinajstić information content (AvgIpc) is 2.60. The predicted molar refractivity (Wildman–Crippen MR) is 99.8 cm³/mol. The Morgan fingerprint density at radius 2 is 1.46 bits per heavy atom. The molecule has 0 spiro atoms. The van der Waals surface area contributed by atoms with Gasteiger partial charge in [0.05, 0.1) is 0 Å². The van der Waals surface area contributed by atoms with Crippen molar-refractivity contribution >= 4 is 5.91 Å². The summed E-state index contributed by atoms with van der Waals surface area (Å²) in [5, 5.41) is 0. The zero-order chi connectivity index (χ0) is 17.6. The molecule has 2 rings (SSSR count). The van der Waals surface area contributed by atoms with Crippen LogP contribution in [0.1, 0.15) is 37.3 Å². The maximum atomic E-state index is 12.8. The second-order valence-corrected chi connectivity index (χ2v) is 7.20. The molecule has 0 unspecified atom stereocenters. The van der Waals surface area contributed by atoms with Gasteiger partial charge in [-0.25, -0.2) is 0 Å². The highest BCUT2D eigenvalue weighted by atomic mass is 16.2. The first kappa shape index (κ1) is 18.2. The molecule has 24 heavy (non-hydrogen) atoms. The number of carbonyl (C=O) groups is 1. The molecule has 0 radical (unpaired) electrons. The van der Waals surface area contributed by atoms with E-state index in [2.05, 4.69) is 38.1 Å². The van der Waals surface area contributed by atoms with Crippen LogP contribution in [0.5, 0.6) is 0 Å². The molecular weight excluding hydrogens is 296 g/mol. The fourth-order valence-corrected chi connectivity index (χ4v) is 2.92. The Morgan fingerprint density at radius 3 is 1.88 bits per heavy atom. The SMILES string of the molecule is CN(CC(C)(C)CN)C(=O)CC(c1ccccc1)c1ccccc1. The lowest BCUT2D eigenvalue weighted by molar-refractivity contribution is -0.131. The number of hydrogen-bond acceptors (Lipinski definition) is 2. The number of amides is 1. The fraction of sp³-hybridized carbons (Fsp3) is 0.381. The Bertz CT molecular complexity index is 598. The van der Waals surface area contributed by atoms with Gasteiger partial charge in [0.1, 0.15) is 0 Å². The molecule has 0 bridgehead atoms. The lowest BCUT2D eigenvalue weighted by atomic mass is 9.87. The van der Waals surface area contributed by atoms with E-state index in [1.54, 1.807) is 0 Å². The summed E-state index contributed by atoms with van der Waals surface area (Å²) in [6, 6.07) is 20.5. The number of carbonyl (C=O) groups excluding carboxylic acids is 1. The van der Waals surface area contributed by atoms with E-state index in [-0.39, 0.29) is 17.2 Å². The summed E-state index contributed by atoms with van der Waals surface area (Å²) in [6.45, 7) is 5.40. The number of rotatable bonds is 7. The van der Waals surface area contributed by atoms with E-state index < -0.39 is 0 Å². The molecule has 3 nitrogen and oxygen atoms in total. The van der Waals surface area contributed by atoms with Crippen LogP contribution in [-0.2, 0) is 4.79 Å². The van der Waals surface area contributed by atoms with Crippen LogP contribution in [0.3, 0.4) is 0 Å². The first-order chi connectivity index (χ1) is 11.4. The van der Waals surface area contributed by atoms with Gasteiger partial charge in [0, 0.05) is 25.9 Å². The van der Waals surface area contributed by atoms with Crippen molar-refractivity contribution in [2.75, 3.05) is 20.1 Å². The highest BCUT2D eigenvalue weighted by Crippen LogP contribution is 2.28. The van der Waals surface area contributed by atoms with E-state index in [1.807, 2.05) is 48.3 Å². The molecule has 0 heterocycles. The summed E-state index contributed by atoms with van der Waals surface area (Å²) in [5.41, 5.74) is 8.07. The van der Waals surface area contributed by atoms with Crippen LogP contribution < -0.4 is 5.73 Å². The van der Waals surface area contributed by atoms with Gasteiger partial charge in [0.25, 0.3) is 0 Å². The molecule has 0 aliphatic heterocycles. The van der Waals surface area contributed by atoms with E-state index >= 15 is 0 Å². The molecule has 1 amide bonds. The first-order valence-corrected chi connectivity index (χ1v) is 8.47. The summed E-state index contributed by atoms with van der Waals surface area (Å²) in [7, 11) is 1.87. The second-order valence-electron chi connectivity index (χ2n) is 7.20. The highest BCUT2D eigenvalue weighted by molar-refractivity contribution is 5.77. The Labute approximate surface area is 145 Å². The van der Waals surface area contributed by atoms with Crippen molar-refractivity contribution in [3.05, 3.63) is 71.8 Å². The Kier molecular flexibility index (Phi) is 6.16. The van der Waals surface area contributed by atoms with Gasteiger partial charge in [-0.05, 0) is 23.1 Å². The number of nitrogens with two attached hydrogens (primary N) is 1. The van der Waals surface area contributed by atoms with E-state index in [0.29, 0.717) is 19.5 Å². The third-order valence-corrected chi connectivity index (χ3v) is 4.43. The molecule has 0 saturated heterocycles. The number of hydrogen-bond donors (Lipinski definition) is 1. The normalized spacial score (nSPS) is 11.5.